The van der Waals surface area contributed by atoms with Crippen LogP contribution in [0.1, 0.15) is 36.3 Å². The Morgan fingerprint density at radius 2 is 2.14 bits per heavy atom. The van der Waals surface area contributed by atoms with Crippen LogP contribution in [-0.4, -0.2) is 15.2 Å². The van der Waals surface area contributed by atoms with Crippen molar-refractivity contribution < 1.29 is 4.74 Å². The fourth-order valence-corrected chi connectivity index (χ4v) is 3.90. The van der Waals surface area contributed by atoms with Crippen molar-refractivity contribution in [2.75, 3.05) is 7.11 Å². The SMILES string of the molecule is C=C[C@@H]1CCc2cc(OC)ccc2[C@H]1CCC#C[Si](C)(C)C. The fraction of sp³-hybridized carbons (Fsp3) is 0.500. The molecule has 0 heterocycles. The Morgan fingerprint density at radius 1 is 1.36 bits per heavy atom. The smallest absolute Gasteiger partial charge is 0.129 e. The Hall–Kier alpha value is -1.46. The first kappa shape index (κ1) is 16.9. The molecule has 2 heteroatoms. The molecule has 0 amide bonds. The minimum absolute atomic E-state index is 0.558. The molecular weight excluding hydrogens is 284 g/mol. The van der Waals surface area contributed by atoms with E-state index in [0.717, 1.165) is 25.0 Å². The number of benzene rings is 1. The summed E-state index contributed by atoms with van der Waals surface area (Å²) in [5.41, 5.74) is 6.40. The summed E-state index contributed by atoms with van der Waals surface area (Å²) in [6.07, 6.45) is 6.58. The number of hydrogen-bond donors (Lipinski definition) is 0. The summed E-state index contributed by atoms with van der Waals surface area (Å²) in [6.45, 7) is 11.0. The van der Waals surface area contributed by atoms with Gasteiger partial charge in [-0.25, -0.2) is 0 Å². The van der Waals surface area contributed by atoms with Gasteiger partial charge in [0.2, 0.25) is 0 Å². The van der Waals surface area contributed by atoms with Crippen molar-refractivity contribution in [3.63, 3.8) is 0 Å². The van der Waals surface area contributed by atoms with Gasteiger partial charge in [0.05, 0.1) is 7.11 Å². The lowest BCUT2D eigenvalue weighted by atomic mass is 9.73. The Kier molecular flexibility index (Phi) is 5.53. The first-order chi connectivity index (χ1) is 10.4. The zero-order chi connectivity index (χ0) is 16.2. The minimum Gasteiger partial charge on any atom is -0.497 e. The maximum absolute atomic E-state index is 5.37. The predicted molar refractivity (Wildman–Crippen MR) is 98.1 cm³/mol. The molecule has 2 rings (SSSR count). The highest BCUT2D eigenvalue weighted by molar-refractivity contribution is 6.83. The summed E-state index contributed by atoms with van der Waals surface area (Å²) < 4.78 is 5.37. The summed E-state index contributed by atoms with van der Waals surface area (Å²) in [7, 11) is 0.486. The molecule has 0 saturated carbocycles. The molecule has 1 nitrogen and oxygen atoms in total. The van der Waals surface area contributed by atoms with Crippen LogP contribution in [0.15, 0.2) is 30.9 Å². The number of fused-ring (bicyclic) bond motifs is 1. The van der Waals surface area contributed by atoms with Gasteiger partial charge in [-0.15, -0.1) is 18.0 Å². The molecule has 0 unspecified atom stereocenters. The lowest BCUT2D eigenvalue weighted by Crippen LogP contribution is -2.19. The Balaban J connectivity index is 2.17. The molecule has 0 aromatic heterocycles. The number of ether oxygens (including phenoxy) is 1. The topological polar surface area (TPSA) is 9.23 Å². The Labute approximate surface area is 136 Å². The van der Waals surface area contributed by atoms with Gasteiger partial charge in [0.25, 0.3) is 0 Å². The zero-order valence-electron chi connectivity index (χ0n) is 14.4. The van der Waals surface area contributed by atoms with Gasteiger partial charge < -0.3 is 4.74 Å². The van der Waals surface area contributed by atoms with Crippen molar-refractivity contribution in [2.45, 2.75) is 51.2 Å². The van der Waals surface area contributed by atoms with E-state index in [1.165, 1.54) is 17.5 Å². The van der Waals surface area contributed by atoms with E-state index in [9.17, 15) is 0 Å². The van der Waals surface area contributed by atoms with E-state index < -0.39 is 8.07 Å². The van der Waals surface area contributed by atoms with Crippen LogP contribution in [0, 0.1) is 17.4 Å². The molecule has 0 fully saturated rings. The van der Waals surface area contributed by atoms with Gasteiger partial charge in [0.1, 0.15) is 13.8 Å². The molecule has 0 spiro atoms. The minimum atomic E-state index is -1.25. The van der Waals surface area contributed by atoms with Gasteiger partial charge in [0, 0.05) is 6.42 Å². The lowest BCUT2D eigenvalue weighted by Gasteiger charge is -2.32. The number of methoxy groups -OCH3 is 1. The molecule has 0 radical (unpaired) electrons. The molecule has 22 heavy (non-hydrogen) atoms. The largest absolute Gasteiger partial charge is 0.497 e. The second-order valence-electron chi connectivity index (χ2n) is 7.20. The van der Waals surface area contributed by atoms with Crippen LogP contribution >= 0.6 is 0 Å². The third-order valence-corrected chi connectivity index (χ3v) is 5.29. The standard InChI is InChI=1S/C20H28OSi/c1-6-16-10-11-17-15-18(21-2)12-13-20(17)19(16)9-7-8-14-22(3,4)5/h6,12-13,15-16,19H,1,7,9-11H2,2-5H3/t16-,19+/m1/s1. The van der Waals surface area contributed by atoms with E-state index in [2.05, 4.69) is 62.0 Å². The van der Waals surface area contributed by atoms with Gasteiger partial charge in [0.15, 0.2) is 0 Å². The molecule has 2 atom stereocenters. The third kappa shape index (κ3) is 4.27. The second kappa shape index (κ2) is 7.20. The quantitative estimate of drug-likeness (QED) is 0.422. The molecule has 118 valence electrons. The Bertz CT molecular complexity index is 586. The number of aryl methyl sites for hydroxylation is 1. The van der Waals surface area contributed by atoms with E-state index in [-0.39, 0.29) is 0 Å². The van der Waals surface area contributed by atoms with Crippen LogP contribution < -0.4 is 4.74 Å². The van der Waals surface area contributed by atoms with E-state index in [1.54, 1.807) is 7.11 Å². The number of rotatable bonds is 4. The maximum Gasteiger partial charge on any atom is 0.129 e. The normalized spacial score (nSPS) is 20.5. The zero-order valence-corrected chi connectivity index (χ0v) is 15.4. The van der Waals surface area contributed by atoms with E-state index in [1.807, 2.05) is 0 Å². The highest BCUT2D eigenvalue weighted by atomic mass is 28.3. The summed E-state index contributed by atoms with van der Waals surface area (Å²) in [4.78, 5) is 0. The molecule has 0 saturated heterocycles. The van der Waals surface area contributed by atoms with E-state index >= 15 is 0 Å². The van der Waals surface area contributed by atoms with E-state index in [0.29, 0.717) is 11.8 Å². The van der Waals surface area contributed by atoms with Crippen LogP contribution in [-0.2, 0) is 6.42 Å². The summed E-state index contributed by atoms with van der Waals surface area (Å²) >= 11 is 0. The van der Waals surface area contributed by atoms with Crippen LogP contribution in [0.2, 0.25) is 19.6 Å². The Morgan fingerprint density at radius 3 is 2.77 bits per heavy atom. The lowest BCUT2D eigenvalue weighted by molar-refractivity contribution is 0.405. The first-order valence-corrected chi connectivity index (χ1v) is 11.7. The van der Waals surface area contributed by atoms with Crippen molar-refractivity contribution in [3.05, 3.63) is 42.0 Å². The molecule has 0 bridgehead atoms. The van der Waals surface area contributed by atoms with Gasteiger partial charge in [-0.2, -0.15) is 0 Å². The van der Waals surface area contributed by atoms with Crippen LogP contribution in [0.4, 0.5) is 0 Å². The van der Waals surface area contributed by atoms with Crippen molar-refractivity contribution in [1.82, 2.24) is 0 Å². The van der Waals surface area contributed by atoms with Crippen molar-refractivity contribution in [3.8, 4) is 17.2 Å². The average molecular weight is 313 g/mol. The molecule has 1 aliphatic carbocycles. The molecular formula is C20H28OSi. The molecule has 0 aliphatic heterocycles. The van der Waals surface area contributed by atoms with Gasteiger partial charge in [-0.1, -0.05) is 31.8 Å². The molecule has 1 aromatic rings. The molecule has 1 aliphatic rings. The number of allylic oxidation sites excluding steroid dienone is 1. The fourth-order valence-electron chi connectivity index (χ4n) is 3.25. The van der Waals surface area contributed by atoms with Crippen LogP contribution in [0.25, 0.3) is 0 Å². The summed E-state index contributed by atoms with van der Waals surface area (Å²) in [5.74, 6) is 5.53. The monoisotopic (exact) mass is 312 g/mol. The second-order valence-corrected chi connectivity index (χ2v) is 11.9. The van der Waals surface area contributed by atoms with Gasteiger partial charge in [-0.05, 0) is 54.4 Å². The van der Waals surface area contributed by atoms with Crippen LogP contribution in [0.5, 0.6) is 5.75 Å². The van der Waals surface area contributed by atoms with Crippen molar-refractivity contribution in [2.24, 2.45) is 5.92 Å². The summed E-state index contributed by atoms with van der Waals surface area (Å²) in [5, 5.41) is 0. The highest BCUT2D eigenvalue weighted by Crippen LogP contribution is 2.40. The van der Waals surface area contributed by atoms with Crippen molar-refractivity contribution in [1.29, 1.82) is 0 Å². The number of hydrogen-bond acceptors (Lipinski definition) is 1. The highest BCUT2D eigenvalue weighted by Gasteiger charge is 2.27. The van der Waals surface area contributed by atoms with E-state index in [4.69, 9.17) is 4.74 Å². The van der Waals surface area contributed by atoms with Crippen molar-refractivity contribution >= 4 is 8.07 Å². The molecule has 1 aromatic carbocycles. The average Bonchev–Trinajstić information content (AvgIpc) is 2.49. The predicted octanol–water partition coefficient (Wildman–Crippen LogP) is 5.19. The van der Waals surface area contributed by atoms with Gasteiger partial charge in [-0.3, -0.25) is 0 Å². The summed E-state index contributed by atoms with van der Waals surface area (Å²) in [6, 6.07) is 6.54. The molecule has 0 N–H and O–H groups in total. The maximum atomic E-state index is 5.37. The van der Waals surface area contributed by atoms with Gasteiger partial charge >= 0.3 is 0 Å². The third-order valence-electron chi connectivity index (χ3n) is 4.36. The first-order valence-electron chi connectivity index (χ1n) is 8.24. The van der Waals surface area contributed by atoms with Crippen LogP contribution in [0.3, 0.4) is 0 Å².